The van der Waals surface area contributed by atoms with E-state index in [-0.39, 0.29) is 0 Å². The minimum atomic E-state index is 0.326. The number of ether oxygens (including phenoxy) is 1. The van der Waals surface area contributed by atoms with Crippen molar-refractivity contribution in [3.63, 3.8) is 0 Å². The Bertz CT molecular complexity index is 324. The van der Waals surface area contributed by atoms with E-state index >= 15 is 0 Å². The molecule has 1 saturated heterocycles. The minimum absolute atomic E-state index is 0.326. The normalized spacial score (nSPS) is 21.2. The molecule has 0 radical (unpaired) electrons. The average Bonchev–Trinajstić information content (AvgIpc) is 2.80. The van der Waals surface area contributed by atoms with Crippen molar-refractivity contribution in [1.29, 1.82) is 0 Å². The molecule has 13 heavy (non-hydrogen) atoms. The molecular formula is C10H16N2O. The third-order valence-corrected chi connectivity index (χ3v) is 2.53. The summed E-state index contributed by atoms with van der Waals surface area (Å²) < 4.78 is 7.37. The van der Waals surface area contributed by atoms with Crippen LogP contribution in [0, 0.1) is 13.8 Å². The first kappa shape index (κ1) is 8.75. The molecule has 2 rings (SSSR count). The summed E-state index contributed by atoms with van der Waals surface area (Å²) in [5.41, 5.74) is 3.68. The Morgan fingerprint density at radius 1 is 1.46 bits per heavy atom. The van der Waals surface area contributed by atoms with Crippen LogP contribution in [0.3, 0.4) is 0 Å². The Kier molecular flexibility index (Phi) is 1.91. The molecular weight excluding hydrogens is 164 g/mol. The van der Waals surface area contributed by atoms with Gasteiger partial charge < -0.3 is 4.74 Å². The summed E-state index contributed by atoms with van der Waals surface area (Å²) in [6, 6.07) is 0.436. The van der Waals surface area contributed by atoms with Gasteiger partial charge in [0.25, 0.3) is 0 Å². The number of nitrogens with zero attached hydrogens (tertiary/aromatic N) is 2. The van der Waals surface area contributed by atoms with E-state index in [1.807, 2.05) is 0 Å². The first-order valence-electron chi connectivity index (χ1n) is 4.78. The lowest BCUT2D eigenvalue weighted by Gasteiger charge is -2.07. The van der Waals surface area contributed by atoms with Crippen LogP contribution in [-0.2, 0) is 4.74 Å². The first-order chi connectivity index (χ1) is 6.11. The van der Waals surface area contributed by atoms with Gasteiger partial charge in [-0.15, -0.1) is 0 Å². The molecule has 3 nitrogen and oxygen atoms in total. The van der Waals surface area contributed by atoms with Gasteiger partial charge in [-0.3, -0.25) is 4.68 Å². The molecule has 1 fully saturated rings. The van der Waals surface area contributed by atoms with Gasteiger partial charge in [-0.2, -0.15) is 5.10 Å². The van der Waals surface area contributed by atoms with Gasteiger partial charge in [-0.05, 0) is 27.7 Å². The number of aromatic nitrogens is 2. The van der Waals surface area contributed by atoms with Gasteiger partial charge in [0, 0.05) is 17.3 Å². The Morgan fingerprint density at radius 2 is 2.08 bits per heavy atom. The zero-order valence-electron chi connectivity index (χ0n) is 8.66. The van der Waals surface area contributed by atoms with Crippen LogP contribution in [-0.4, -0.2) is 16.4 Å². The highest BCUT2D eigenvalue weighted by molar-refractivity contribution is 5.29. The summed E-state index contributed by atoms with van der Waals surface area (Å²) in [4.78, 5) is 0. The lowest BCUT2D eigenvalue weighted by molar-refractivity contribution is 0.413. The second-order valence-electron chi connectivity index (χ2n) is 3.94. The molecule has 1 aliphatic heterocycles. The fourth-order valence-electron chi connectivity index (χ4n) is 1.86. The Morgan fingerprint density at radius 3 is 2.46 bits per heavy atom. The molecule has 0 bridgehead atoms. The van der Waals surface area contributed by atoms with Crippen LogP contribution >= 0.6 is 0 Å². The van der Waals surface area contributed by atoms with Crippen molar-refractivity contribution in [3.05, 3.63) is 17.0 Å². The van der Waals surface area contributed by atoms with Gasteiger partial charge in [0.15, 0.2) is 0 Å². The van der Waals surface area contributed by atoms with E-state index in [1.54, 1.807) is 0 Å². The van der Waals surface area contributed by atoms with Crippen molar-refractivity contribution in [2.75, 3.05) is 6.61 Å². The predicted octanol–water partition coefficient (Wildman–Crippen LogP) is 2.15. The summed E-state index contributed by atoms with van der Waals surface area (Å²) in [5, 5.41) is 4.51. The van der Waals surface area contributed by atoms with Gasteiger partial charge in [0.2, 0.25) is 0 Å². The van der Waals surface area contributed by atoms with E-state index in [1.165, 1.54) is 11.3 Å². The monoisotopic (exact) mass is 180 g/mol. The fourth-order valence-corrected chi connectivity index (χ4v) is 1.86. The molecule has 1 aliphatic rings. The van der Waals surface area contributed by atoms with Crippen LogP contribution in [0.1, 0.15) is 42.9 Å². The quantitative estimate of drug-likeness (QED) is 0.653. The van der Waals surface area contributed by atoms with Crippen LogP contribution < -0.4 is 0 Å². The molecule has 0 saturated carbocycles. The minimum Gasteiger partial charge on any atom is -0.368 e. The molecule has 3 heteroatoms. The van der Waals surface area contributed by atoms with Crippen molar-refractivity contribution in [2.45, 2.75) is 39.8 Å². The topological polar surface area (TPSA) is 30.4 Å². The van der Waals surface area contributed by atoms with Gasteiger partial charge >= 0.3 is 0 Å². The van der Waals surface area contributed by atoms with Crippen LogP contribution in [0.5, 0.6) is 0 Å². The SMILES string of the molecule is Cc1nn(C(C)C)c(C)c1[C@H]1CO1. The Labute approximate surface area is 78.7 Å². The van der Waals surface area contributed by atoms with E-state index in [0.717, 1.165) is 12.3 Å². The molecule has 2 heterocycles. The van der Waals surface area contributed by atoms with E-state index < -0.39 is 0 Å². The van der Waals surface area contributed by atoms with Crippen molar-refractivity contribution < 1.29 is 4.74 Å². The zero-order chi connectivity index (χ0) is 9.59. The maximum Gasteiger partial charge on any atom is 0.110 e. The predicted molar refractivity (Wildman–Crippen MR) is 50.8 cm³/mol. The summed E-state index contributed by atoms with van der Waals surface area (Å²) >= 11 is 0. The Balaban J connectivity index is 2.44. The van der Waals surface area contributed by atoms with Gasteiger partial charge in [0.1, 0.15) is 6.10 Å². The zero-order valence-corrected chi connectivity index (χ0v) is 8.66. The van der Waals surface area contributed by atoms with Crippen molar-refractivity contribution in [3.8, 4) is 0 Å². The highest BCUT2D eigenvalue weighted by Crippen LogP contribution is 2.34. The molecule has 1 atom stereocenters. The van der Waals surface area contributed by atoms with Crippen molar-refractivity contribution in [1.82, 2.24) is 9.78 Å². The fraction of sp³-hybridized carbons (Fsp3) is 0.700. The standard InChI is InChI=1S/C10H16N2O/c1-6(2)12-8(4)10(7(3)11-12)9-5-13-9/h6,9H,5H2,1-4H3/t9-/m1/s1. The molecule has 1 aromatic rings. The first-order valence-corrected chi connectivity index (χ1v) is 4.78. The second-order valence-corrected chi connectivity index (χ2v) is 3.94. The third-order valence-electron chi connectivity index (χ3n) is 2.53. The molecule has 1 aromatic heterocycles. The number of aryl methyl sites for hydroxylation is 1. The highest BCUT2D eigenvalue weighted by Gasteiger charge is 2.31. The van der Waals surface area contributed by atoms with Crippen LogP contribution in [0.2, 0.25) is 0 Å². The molecule has 0 aliphatic carbocycles. The summed E-state index contributed by atoms with van der Waals surface area (Å²) in [7, 11) is 0. The summed E-state index contributed by atoms with van der Waals surface area (Å²) in [6.07, 6.45) is 0.326. The largest absolute Gasteiger partial charge is 0.368 e. The van der Waals surface area contributed by atoms with E-state index in [0.29, 0.717) is 12.1 Å². The highest BCUT2D eigenvalue weighted by atomic mass is 16.6. The molecule has 0 spiro atoms. The number of epoxide rings is 1. The lowest BCUT2D eigenvalue weighted by atomic mass is 10.1. The number of hydrogen-bond acceptors (Lipinski definition) is 2. The van der Waals surface area contributed by atoms with Gasteiger partial charge in [-0.1, -0.05) is 0 Å². The molecule has 72 valence electrons. The summed E-state index contributed by atoms with van der Waals surface area (Å²) in [6.45, 7) is 9.35. The average molecular weight is 180 g/mol. The Hall–Kier alpha value is -0.830. The maximum absolute atomic E-state index is 5.30. The maximum atomic E-state index is 5.30. The summed E-state index contributed by atoms with van der Waals surface area (Å²) in [5.74, 6) is 0. The van der Waals surface area contributed by atoms with Gasteiger partial charge in [-0.25, -0.2) is 0 Å². The lowest BCUT2D eigenvalue weighted by Crippen LogP contribution is -2.05. The van der Waals surface area contributed by atoms with Crippen molar-refractivity contribution >= 4 is 0 Å². The van der Waals surface area contributed by atoms with E-state index in [4.69, 9.17) is 4.74 Å². The molecule has 0 aromatic carbocycles. The second kappa shape index (κ2) is 2.84. The van der Waals surface area contributed by atoms with E-state index in [9.17, 15) is 0 Å². The van der Waals surface area contributed by atoms with E-state index in [2.05, 4.69) is 37.5 Å². The molecule has 0 N–H and O–H groups in total. The smallest absolute Gasteiger partial charge is 0.110 e. The number of rotatable bonds is 2. The molecule has 0 unspecified atom stereocenters. The van der Waals surface area contributed by atoms with Crippen LogP contribution in [0.15, 0.2) is 0 Å². The van der Waals surface area contributed by atoms with Gasteiger partial charge in [0.05, 0.1) is 12.3 Å². The number of hydrogen-bond donors (Lipinski definition) is 0. The van der Waals surface area contributed by atoms with Crippen molar-refractivity contribution in [2.24, 2.45) is 0 Å². The van der Waals surface area contributed by atoms with Crippen LogP contribution in [0.4, 0.5) is 0 Å². The van der Waals surface area contributed by atoms with Crippen LogP contribution in [0.25, 0.3) is 0 Å². The molecule has 0 amide bonds. The third kappa shape index (κ3) is 1.37.